The molecule has 1 aromatic heterocycles. The van der Waals surface area contributed by atoms with Gasteiger partial charge in [-0.05, 0) is 48.2 Å². The fourth-order valence-electron chi connectivity index (χ4n) is 2.11. The summed E-state index contributed by atoms with van der Waals surface area (Å²) in [4.78, 5) is 12.1. The zero-order valence-electron chi connectivity index (χ0n) is 9.95. The van der Waals surface area contributed by atoms with E-state index in [1.807, 2.05) is 23.8 Å². The molecule has 1 N–H and O–H groups in total. The molecule has 1 unspecified atom stereocenters. The van der Waals surface area contributed by atoms with Gasteiger partial charge in [0.15, 0.2) is 0 Å². The number of rotatable bonds is 3. The molecule has 0 bridgehead atoms. The van der Waals surface area contributed by atoms with Crippen molar-refractivity contribution in [2.45, 2.75) is 38.8 Å². The molecule has 1 atom stereocenters. The van der Waals surface area contributed by atoms with Crippen molar-refractivity contribution in [3.63, 3.8) is 0 Å². The molecule has 92 valence electrons. The molecule has 0 radical (unpaired) electrons. The summed E-state index contributed by atoms with van der Waals surface area (Å²) >= 11 is 3.41. The van der Waals surface area contributed by atoms with Gasteiger partial charge in [-0.25, -0.2) is 0 Å². The van der Waals surface area contributed by atoms with Gasteiger partial charge in [0, 0.05) is 23.3 Å². The molecule has 1 aliphatic carbocycles. The van der Waals surface area contributed by atoms with Crippen molar-refractivity contribution in [1.29, 1.82) is 0 Å². The van der Waals surface area contributed by atoms with Crippen molar-refractivity contribution in [1.82, 2.24) is 9.88 Å². The Kier molecular flexibility index (Phi) is 4.05. The summed E-state index contributed by atoms with van der Waals surface area (Å²) in [5, 5.41) is 3.09. The maximum Gasteiger partial charge on any atom is 0.268 e. The number of hydrogen-bond acceptors (Lipinski definition) is 1. The van der Waals surface area contributed by atoms with Gasteiger partial charge in [-0.15, -0.1) is 0 Å². The molecule has 0 fully saturated rings. The second kappa shape index (κ2) is 5.54. The van der Waals surface area contributed by atoms with Gasteiger partial charge < -0.3 is 9.88 Å². The molecule has 3 nitrogen and oxygen atoms in total. The predicted molar refractivity (Wildman–Crippen MR) is 72.1 cm³/mol. The van der Waals surface area contributed by atoms with Crippen LogP contribution in [0, 0.1) is 0 Å². The fourth-order valence-corrected chi connectivity index (χ4v) is 2.57. The quantitative estimate of drug-likeness (QED) is 0.855. The minimum atomic E-state index is 0.0258. The zero-order valence-corrected chi connectivity index (χ0v) is 11.5. The summed E-state index contributed by atoms with van der Waals surface area (Å²) in [5.74, 6) is 0.0258. The fraction of sp³-hybridized carbons (Fsp3) is 0.462. The highest BCUT2D eigenvalue weighted by Crippen LogP contribution is 2.16. The lowest BCUT2D eigenvalue weighted by Gasteiger charge is -2.19. The van der Waals surface area contributed by atoms with Gasteiger partial charge in [-0.3, -0.25) is 4.79 Å². The number of aromatic nitrogens is 1. The van der Waals surface area contributed by atoms with E-state index >= 15 is 0 Å². The van der Waals surface area contributed by atoms with Crippen LogP contribution >= 0.6 is 15.9 Å². The summed E-state index contributed by atoms with van der Waals surface area (Å²) in [6.07, 6.45) is 9.30. The molecule has 0 aliphatic heterocycles. The third kappa shape index (κ3) is 3.00. The first-order chi connectivity index (χ1) is 8.20. The van der Waals surface area contributed by atoms with E-state index in [1.54, 1.807) is 0 Å². The molecule has 0 saturated carbocycles. The maximum atomic E-state index is 12.1. The number of halogens is 1. The summed E-state index contributed by atoms with van der Waals surface area (Å²) in [6.45, 7) is 2.84. The number of allylic oxidation sites excluding steroid dienone is 1. The van der Waals surface area contributed by atoms with Gasteiger partial charge in [-0.2, -0.15) is 0 Å². The Labute approximate surface area is 110 Å². The van der Waals surface area contributed by atoms with Crippen LogP contribution in [0.25, 0.3) is 0 Å². The Morgan fingerprint density at radius 1 is 1.59 bits per heavy atom. The SMILES string of the molecule is CCn1cc(Br)cc1C(=O)NC1CC=CCC1. The minimum absolute atomic E-state index is 0.0258. The first kappa shape index (κ1) is 12.4. The lowest BCUT2D eigenvalue weighted by atomic mass is 10.0. The summed E-state index contributed by atoms with van der Waals surface area (Å²) in [5.41, 5.74) is 0.730. The molecule has 1 amide bonds. The van der Waals surface area contributed by atoms with E-state index in [0.29, 0.717) is 0 Å². The Bertz CT molecular complexity index is 437. The number of nitrogens with zero attached hydrogens (tertiary/aromatic N) is 1. The van der Waals surface area contributed by atoms with Gasteiger partial charge in [0.05, 0.1) is 0 Å². The highest BCUT2D eigenvalue weighted by Gasteiger charge is 2.17. The predicted octanol–water partition coefficient (Wildman–Crippen LogP) is 3.11. The van der Waals surface area contributed by atoms with Gasteiger partial charge in [0.2, 0.25) is 0 Å². The molecule has 1 aromatic rings. The van der Waals surface area contributed by atoms with E-state index in [9.17, 15) is 4.79 Å². The zero-order chi connectivity index (χ0) is 12.3. The van der Waals surface area contributed by atoms with Gasteiger partial charge >= 0.3 is 0 Å². The van der Waals surface area contributed by atoms with E-state index in [-0.39, 0.29) is 11.9 Å². The molecule has 17 heavy (non-hydrogen) atoms. The van der Waals surface area contributed by atoms with Crippen LogP contribution in [0.5, 0.6) is 0 Å². The topological polar surface area (TPSA) is 34.0 Å². The van der Waals surface area contributed by atoms with Crippen molar-refractivity contribution in [3.8, 4) is 0 Å². The molecule has 1 aliphatic rings. The van der Waals surface area contributed by atoms with E-state index in [1.165, 1.54) is 0 Å². The second-order valence-electron chi connectivity index (χ2n) is 4.28. The van der Waals surface area contributed by atoms with Crippen LogP contribution in [0.1, 0.15) is 36.7 Å². The number of amides is 1. The van der Waals surface area contributed by atoms with Crippen molar-refractivity contribution < 1.29 is 4.79 Å². The first-order valence-corrected chi connectivity index (χ1v) is 6.81. The number of aryl methyl sites for hydroxylation is 1. The van der Waals surface area contributed by atoms with Crippen molar-refractivity contribution in [3.05, 3.63) is 34.6 Å². The van der Waals surface area contributed by atoms with Crippen LogP contribution < -0.4 is 5.32 Å². The van der Waals surface area contributed by atoms with E-state index in [0.717, 1.165) is 36.0 Å². The Hall–Kier alpha value is -1.03. The van der Waals surface area contributed by atoms with E-state index in [4.69, 9.17) is 0 Å². The Morgan fingerprint density at radius 3 is 3.06 bits per heavy atom. The van der Waals surface area contributed by atoms with E-state index in [2.05, 4.69) is 33.4 Å². The third-order valence-electron chi connectivity index (χ3n) is 3.04. The molecule has 0 aromatic carbocycles. The van der Waals surface area contributed by atoms with Crippen LogP contribution in [0.15, 0.2) is 28.9 Å². The first-order valence-electron chi connectivity index (χ1n) is 6.02. The largest absolute Gasteiger partial charge is 0.348 e. The molecule has 1 heterocycles. The van der Waals surface area contributed by atoms with Gasteiger partial charge in [-0.1, -0.05) is 12.2 Å². The van der Waals surface area contributed by atoms with Crippen molar-refractivity contribution >= 4 is 21.8 Å². The molecule has 0 saturated heterocycles. The molecule has 0 spiro atoms. The summed E-state index contributed by atoms with van der Waals surface area (Å²) < 4.78 is 2.91. The molecule has 4 heteroatoms. The van der Waals surface area contributed by atoms with E-state index < -0.39 is 0 Å². The van der Waals surface area contributed by atoms with Crippen LogP contribution in [-0.4, -0.2) is 16.5 Å². The number of carbonyl (C=O) groups is 1. The number of carbonyl (C=O) groups excluding carboxylic acids is 1. The van der Waals surface area contributed by atoms with Gasteiger partial charge in [0.1, 0.15) is 5.69 Å². The normalized spacial score (nSPS) is 19.3. The second-order valence-corrected chi connectivity index (χ2v) is 5.20. The smallest absolute Gasteiger partial charge is 0.268 e. The average molecular weight is 297 g/mol. The average Bonchev–Trinajstić information content (AvgIpc) is 2.72. The minimum Gasteiger partial charge on any atom is -0.348 e. The van der Waals surface area contributed by atoms with Crippen LogP contribution in [-0.2, 0) is 6.54 Å². The highest BCUT2D eigenvalue weighted by molar-refractivity contribution is 9.10. The highest BCUT2D eigenvalue weighted by atomic mass is 79.9. The summed E-state index contributed by atoms with van der Waals surface area (Å²) in [6, 6.07) is 2.16. The number of nitrogens with one attached hydrogen (secondary N) is 1. The molecule has 2 rings (SSSR count). The van der Waals surface area contributed by atoms with Crippen molar-refractivity contribution in [2.75, 3.05) is 0 Å². The van der Waals surface area contributed by atoms with Crippen LogP contribution in [0.4, 0.5) is 0 Å². The Balaban J connectivity index is 2.05. The van der Waals surface area contributed by atoms with Crippen LogP contribution in [0.3, 0.4) is 0 Å². The lowest BCUT2D eigenvalue weighted by molar-refractivity contribution is 0.0925. The third-order valence-corrected chi connectivity index (χ3v) is 3.47. The lowest BCUT2D eigenvalue weighted by Crippen LogP contribution is -2.36. The standard InChI is InChI=1S/C13H17BrN2O/c1-2-16-9-10(14)8-12(16)13(17)15-11-6-4-3-5-7-11/h3-4,8-9,11H,2,5-7H2,1H3,(H,15,17). The summed E-state index contributed by atoms with van der Waals surface area (Å²) in [7, 11) is 0. The van der Waals surface area contributed by atoms with Crippen molar-refractivity contribution in [2.24, 2.45) is 0 Å². The number of hydrogen-bond donors (Lipinski definition) is 1. The maximum absolute atomic E-state index is 12.1. The van der Waals surface area contributed by atoms with Crippen LogP contribution in [0.2, 0.25) is 0 Å². The van der Waals surface area contributed by atoms with Gasteiger partial charge in [0.25, 0.3) is 5.91 Å². The molecular weight excluding hydrogens is 280 g/mol. The molecular formula is C13H17BrN2O. The Morgan fingerprint density at radius 2 is 2.41 bits per heavy atom. The monoisotopic (exact) mass is 296 g/mol.